The summed E-state index contributed by atoms with van der Waals surface area (Å²) >= 11 is 0. The summed E-state index contributed by atoms with van der Waals surface area (Å²) < 4.78 is 10.6. The van der Waals surface area contributed by atoms with Crippen LogP contribution in [0.15, 0.2) is 59.4 Å². The van der Waals surface area contributed by atoms with Crippen LogP contribution in [0.1, 0.15) is 0 Å². The average molecular weight is 377 g/mol. The number of nitro benzene ring substituents is 1. The highest BCUT2D eigenvalue weighted by molar-refractivity contribution is 5.92. The summed E-state index contributed by atoms with van der Waals surface area (Å²) in [4.78, 5) is 20.7. The van der Waals surface area contributed by atoms with Crippen LogP contribution in [0.25, 0.3) is 22.2 Å². The number of anilines is 2. The number of nitro groups is 1. The van der Waals surface area contributed by atoms with Gasteiger partial charge in [-0.05, 0) is 30.3 Å². The molecule has 0 atom stereocenters. The van der Waals surface area contributed by atoms with Crippen molar-refractivity contribution < 1.29 is 14.2 Å². The van der Waals surface area contributed by atoms with Crippen molar-refractivity contribution in [1.29, 1.82) is 0 Å². The Kier molecular flexibility index (Phi) is 4.32. The predicted molar refractivity (Wildman–Crippen MR) is 103 cm³/mol. The Balaban J connectivity index is 1.69. The third kappa shape index (κ3) is 3.09. The Morgan fingerprint density at radius 3 is 2.61 bits per heavy atom. The van der Waals surface area contributed by atoms with Crippen molar-refractivity contribution in [1.82, 2.24) is 15.1 Å². The van der Waals surface area contributed by atoms with Gasteiger partial charge in [0.1, 0.15) is 23.6 Å². The molecule has 140 valence electrons. The summed E-state index contributed by atoms with van der Waals surface area (Å²) in [5.74, 6) is 1.78. The standard InChI is InChI=1S/C19H15N5O4/c1-23(18-10-16(22-28-18)12-3-6-14(27-2)7-4-12)19-15-8-5-13(24(25)26)9-17(15)20-11-21-19/h3-11H,1-2H3. The normalized spacial score (nSPS) is 10.8. The molecule has 0 spiro atoms. The number of hydrogen-bond donors (Lipinski definition) is 0. The minimum atomic E-state index is -0.456. The van der Waals surface area contributed by atoms with Gasteiger partial charge in [0.2, 0.25) is 5.88 Å². The van der Waals surface area contributed by atoms with Crippen molar-refractivity contribution in [2.75, 3.05) is 19.1 Å². The van der Waals surface area contributed by atoms with Crippen LogP contribution in [0.5, 0.6) is 5.75 Å². The first-order valence-electron chi connectivity index (χ1n) is 8.31. The van der Waals surface area contributed by atoms with Crippen molar-refractivity contribution in [2.24, 2.45) is 0 Å². The Bertz CT molecular complexity index is 1160. The van der Waals surface area contributed by atoms with Gasteiger partial charge in [-0.1, -0.05) is 5.16 Å². The predicted octanol–water partition coefficient (Wildman–Crippen LogP) is 3.97. The van der Waals surface area contributed by atoms with Crippen LogP contribution in [0, 0.1) is 10.1 Å². The summed E-state index contributed by atoms with van der Waals surface area (Å²) in [6.45, 7) is 0. The molecule has 28 heavy (non-hydrogen) atoms. The molecule has 4 aromatic rings. The summed E-state index contributed by atoms with van der Waals surface area (Å²) in [5, 5.41) is 15.8. The summed E-state index contributed by atoms with van der Waals surface area (Å²) in [6.07, 6.45) is 1.36. The smallest absolute Gasteiger partial charge is 0.271 e. The molecule has 0 aliphatic carbocycles. The van der Waals surface area contributed by atoms with E-state index >= 15 is 0 Å². The minimum Gasteiger partial charge on any atom is -0.497 e. The summed E-state index contributed by atoms with van der Waals surface area (Å²) in [5.41, 5.74) is 1.99. The van der Waals surface area contributed by atoms with Gasteiger partial charge in [0.25, 0.3) is 5.69 Å². The van der Waals surface area contributed by atoms with Crippen molar-refractivity contribution in [3.63, 3.8) is 0 Å². The maximum Gasteiger partial charge on any atom is 0.271 e. The molecule has 2 aromatic heterocycles. The number of methoxy groups -OCH3 is 1. The number of nitrogens with zero attached hydrogens (tertiary/aromatic N) is 5. The van der Waals surface area contributed by atoms with Gasteiger partial charge in [0, 0.05) is 36.2 Å². The third-order valence-corrected chi connectivity index (χ3v) is 4.34. The number of ether oxygens (including phenoxy) is 1. The lowest BCUT2D eigenvalue weighted by atomic mass is 10.1. The number of hydrogen-bond acceptors (Lipinski definition) is 8. The Morgan fingerprint density at radius 1 is 1.11 bits per heavy atom. The molecule has 9 heteroatoms. The second-order valence-electron chi connectivity index (χ2n) is 5.99. The van der Waals surface area contributed by atoms with Gasteiger partial charge in [-0.3, -0.25) is 15.0 Å². The van der Waals surface area contributed by atoms with E-state index in [4.69, 9.17) is 9.26 Å². The zero-order valence-corrected chi connectivity index (χ0v) is 15.1. The van der Waals surface area contributed by atoms with Crippen molar-refractivity contribution in [3.05, 3.63) is 65.0 Å². The fraction of sp³-hybridized carbons (Fsp3) is 0.105. The van der Waals surface area contributed by atoms with E-state index in [9.17, 15) is 10.1 Å². The van der Waals surface area contributed by atoms with Gasteiger partial charge < -0.3 is 9.26 Å². The topological polar surface area (TPSA) is 107 Å². The molecule has 0 fully saturated rings. The molecular weight excluding hydrogens is 362 g/mol. The van der Waals surface area contributed by atoms with Gasteiger partial charge in [-0.25, -0.2) is 9.97 Å². The van der Waals surface area contributed by atoms with Crippen LogP contribution in [-0.2, 0) is 0 Å². The maximum absolute atomic E-state index is 11.0. The zero-order chi connectivity index (χ0) is 19.7. The zero-order valence-electron chi connectivity index (χ0n) is 15.1. The molecule has 0 saturated carbocycles. The first-order valence-corrected chi connectivity index (χ1v) is 8.31. The number of non-ortho nitro benzene ring substituents is 1. The lowest BCUT2D eigenvalue weighted by Gasteiger charge is -2.15. The number of rotatable bonds is 5. The summed E-state index contributed by atoms with van der Waals surface area (Å²) in [7, 11) is 3.39. The van der Waals surface area contributed by atoms with Crippen LogP contribution >= 0.6 is 0 Å². The first kappa shape index (κ1) is 17.4. The van der Waals surface area contributed by atoms with E-state index < -0.39 is 4.92 Å². The second-order valence-corrected chi connectivity index (χ2v) is 5.99. The molecule has 2 aromatic carbocycles. The largest absolute Gasteiger partial charge is 0.497 e. The Morgan fingerprint density at radius 2 is 1.89 bits per heavy atom. The molecule has 0 bridgehead atoms. The molecule has 9 nitrogen and oxygen atoms in total. The molecule has 0 aliphatic heterocycles. The van der Waals surface area contributed by atoms with Crippen LogP contribution in [0.4, 0.5) is 17.4 Å². The molecule has 0 N–H and O–H groups in total. The quantitative estimate of drug-likeness (QED) is 0.380. The highest BCUT2D eigenvalue weighted by atomic mass is 16.6. The van der Waals surface area contributed by atoms with Crippen LogP contribution in [0.3, 0.4) is 0 Å². The SMILES string of the molecule is COc1ccc(-c2cc(N(C)c3ncnc4cc([N+](=O)[O-])ccc34)on2)cc1. The Labute approximate surface area is 159 Å². The highest BCUT2D eigenvalue weighted by Gasteiger charge is 2.17. The van der Waals surface area contributed by atoms with Gasteiger partial charge >= 0.3 is 0 Å². The number of aromatic nitrogens is 3. The lowest BCUT2D eigenvalue weighted by molar-refractivity contribution is -0.384. The van der Waals surface area contributed by atoms with Gasteiger partial charge in [-0.2, -0.15) is 0 Å². The van der Waals surface area contributed by atoms with Crippen LogP contribution in [0.2, 0.25) is 0 Å². The van der Waals surface area contributed by atoms with E-state index in [0.717, 1.165) is 11.3 Å². The Hall–Kier alpha value is -4.01. The van der Waals surface area contributed by atoms with Gasteiger partial charge in [0.15, 0.2) is 0 Å². The summed E-state index contributed by atoms with van der Waals surface area (Å²) in [6, 6.07) is 13.7. The number of fused-ring (bicyclic) bond motifs is 1. The average Bonchev–Trinajstić information content (AvgIpc) is 3.22. The lowest BCUT2D eigenvalue weighted by Crippen LogP contribution is -2.11. The first-order chi connectivity index (χ1) is 13.6. The number of benzene rings is 2. The molecule has 0 radical (unpaired) electrons. The van der Waals surface area contributed by atoms with Gasteiger partial charge in [-0.15, -0.1) is 0 Å². The fourth-order valence-corrected chi connectivity index (χ4v) is 2.84. The van der Waals surface area contributed by atoms with Gasteiger partial charge in [0.05, 0.1) is 17.5 Å². The highest BCUT2D eigenvalue weighted by Crippen LogP contribution is 2.32. The molecule has 0 amide bonds. The van der Waals surface area contributed by atoms with Crippen LogP contribution in [-0.4, -0.2) is 34.2 Å². The molecule has 0 aliphatic rings. The molecule has 0 unspecified atom stereocenters. The van der Waals surface area contributed by atoms with E-state index in [1.54, 1.807) is 31.2 Å². The van der Waals surface area contributed by atoms with E-state index in [1.807, 2.05) is 24.3 Å². The molecule has 0 saturated heterocycles. The van der Waals surface area contributed by atoms with Crippen LogP contribution < -0.4 is 9.64 Å². The third-order valence-electron chi connectivity index (χ3n) is 4.34. The van der Waals surface area contributed by atoms with E-state index in [1.165, 1.54) is 18.5 Å². The van der Waals surface area contributed by atoms with E-state index in [0.29, 0.717) is 28.3 Å². The monoisotopic (exact) mass is 377 g/mol. The minimum absolute atomic E-state index is 0.0266. The molecule has 4 rings (SSSR count). The molecular formula is C19H15N5O4. The second kappa shape index (κ2) is 6.95. The van der Waals surface area contributed by atoms with E-state index in [2.05, 4.69) is 15.1 Å². The van der Waals surface area contributed by atoms with Crippen molar-refractivity contribution in [3.8, 4) is 17.0 Å². The fourth-order valence-electron chi connectivity index (χ4n) is 2.84. The maximum atomic E-state index is 11.0. The van der Waals surface area contributed by atoms with Crippen molar-refractivity contribution in [2.45, 2.75) is 0 Å². The molecule has 2 heterocycles. The van der Waals surface area contributed by atoms with E-state index in [-0.39, 0.29) is 5.69 Å². The van der Waals surface area contributed by atoms with Crippen molar-refractivity contribution >= 4 is 28.3 Å².